The number of para-hydroxylation sites is 1. The van der Waals surface area contributed by atoms with Crippen LogP contribution in [0.5, 0.6) is 5.75 Å². The number of rotatable bonds is 7. The highest BCUT2D eigenvalue weighted by Gasteiger charge is 2.20. The zero-order chi connectivity index (χ0) is 21.7. The van der Waals surface area contributed by atoms with Crippen LogP contribution in [0.15, 0.2) is 53.9 Å². The first-order chi connectivity index (χ1) is 14.3. The molecule has 0 N–H and O–H groups in total. The number of ether oxygens (including phenoxy) is 2. The van der Waals surface area contributed by atoms with Gasteiger partial charge in [0.1, 0.15) is 12.4 Å². The monoisotopic (exact) mass is 464 g/mol. The van der Waals surface area contributed by atoms with Gasteiger partial charge in [-0.05, 0) is 37.3 Å². The molecule has 3 aromatic rings. The summed E-state index contributed by atoms with van der Waals surface area (Å²) >= 11 is 13.2. The van der Waals surface area contributed by atoms with Crippen LogP contribution in [0.25, 0.3) is 0 Å². The van der Waals surface area contributed by atoms with Gasteiger partial charge in [-0.15, -0.1) is 11.3 Å². The Kier molecular flexibility index (Phi) is 7.31. The lowest BCUT2D eigenvalue weighted by Crippen LogP contribution is -2.26. The van der Waals surface area contributed by atoms with Crippen molar-refractivity contribution in [2.75, 3.05) is 4.90 Å². The summed E-state index contributed by atoms with van der Waals surface area (Å²) < 4.78 is 10.8. The molecule has 2 aromatic carbocycles. The van der Waals surface area contributed by atoms with E-state index in [9.17, 15) is 9.59 Å². The Morgan fingerprint density at radius 3 is 2.57 bits per heavy atom. The van der Waals surface area contributed by atoms with E-state index in [1.807, 2.05) is 30.3 Å². The fourth-order valence-corrected chi connectivity index (χ4v) is 3.87. The number of nitrogens with zero attached hydrogens (tertiary/aromatic N) is 2. The number of hydrogen-bond donors (Lipinski definition) is 0. The molecule has 0 aliphatic carbocycles. The maximum Gasteiger partial charge on any atom is 0.347 e. The summed E-state index contributed by atoms with van der Waals surface area (Å²) in [7, 11) is 0. The van der Waals surface area contributed by atoms with Gasteiger partial charge in [-0.25, -0.2) is 9.78 Å². The number of amides is 1. The van der Waals surface area contributed by atoms with Crippen LogP contribution in [0.1, 0.15) is 19.5 Å². The lowest BCUT2D eigenvalue weighted by molar-refractivity contribution is -0.152. The minimum atomic E-state index is -0.875. The quantitative estimate of drug-likeness (QED) is 0.422. The van der Waals surface area contributed by atoms with Crippen molar-refractivity contribution in [3.8, 4) is 5.75 Å². The molecule has 1 atom stereocenters. The maximum absolute atomic E-state index is 12.3. The Hall–Kier alpha value is -2.61. The molecule has 30 heavy (non-hydrogen) atoms. The van der Waals surface area contributed by atoms with E-state index in [2.05, 4.69) is 4.98 Å². The predicted molar refractivity (Wildman–Crippen MR) is 118 cm³/mol. The van der Waals surface area contributed by atoms with Crippen LogP contribution in [-0.4, -0.2) is 23.0 Å². The third kappa shape index (κ3) is 5.50. The number of carbonyl (C=O) groups is 2. The minimum absolute atomic E-state index is 0.0437. The molecule has 1 heterocycles. The number of hydrogen-bond acceptors (Lipinski definition) is 6. The topological polar surface area (TPSA) is 68.7 Å². The van der Waals surface area contributed by atoms with E-state index < -0.39 is 12.1 Å². The van der Waals surface area contributed by atoms with Crippen LogP contribution >= 0.6 is 34.5 Å². The van der Waals surface area contributed by atoms with Crippen LogP contribution < -0.4 is 9.64 Å². The van der Waals surface area contributed by atoms with Crippen molar-refractivity contribution in [3.05, 3.63) is 69.7 Å². The first-order valence-electron chi connectivity index (χ1n) is 8.93. The number of thiazole rings is 1. The zero-order valence-corrected chi connectivity index (χ0v) is 18.5. The van der Waals surface area contributed by atoms with E-state index in [0.717, 1.165) is 0 Å². The molecular weight excluding hydrogens is 447 g/mol. The van der Waals surface area contributed by atoms with Gasteiger partial charge in [0, 0.05) is 17.3 Å². The molecule has 0 fully saturated rings. The van der Waals surface area contributed by atoms with Crippen LogP contribution in [0.4, 0.5) is 10.8 Å². The minimum Gasteiger partial charge on any atom is -0.477 e. The second-order valence-electron chi connectivity index (χ2n) is 6.25. The van der Waals surface area contributed by atoms with Crippen molar-refractivity contribution in [1.29, 1.82) is 0 Å². The summed E-state index contributed by atoms with van der Waals surface area (Å²) in [4.78, 5) is 30.3. The number of aromatic nitrogens is 1. The van der Waals surface area contributed by atoms with Gasteiger partial charge < -0.3 is 9.47 Å². The average molecular weight is 465 g/mol. The van der Waals surface area contributed by atoms with Crippen LogP contribution in [0, 0.1) is 0 Å². The number of halogens is 2. The molecule has 0 aliphatic heterocycles. The Labute approximate surface area is 188 Å². The highest BCUT2D eigenvalue weighted by molar-refractivity contribution is 7.14. The molecule has 0 spiro atoms. The zero-order valence-electron chi connectivity index (χ0n) is 16.2. The first kappa shape index (κ1) is 22.1. The SMILES string of the molecule is CC(=O)N(c1ccccc1)c1nc(COC(=O)C(C)Oc2ccc(Cl)cc2Cl)cs1. The predicted octanol–water partition coefficient (Wildman–Crippen LogP) is 5.65. The molecule has 6 nitrogen and oxygen atoms in total. The van der Waals surface area contributed by atoms with Crippen molar-refractivity contribution in [2.24, 2.45) is 0 Å². The third-order valence-corrected chi connectivity index (χ3v) is 5.36. The van der Waals surface area contributed by atoms with E-state index in [1.165, 1.54) is 29.2 Å². The van der Waals surface area contributed by atoms with Crippen molar-refractivity contribution in [3.63, 3.8) is 0 Å². The van der Waals surface area contributed by atoms with Crippen molar-refractivity contribution in [1.82, 2.24) is 4.98 Å². The number of benzene rings is 2. The van der Waals surface area contributed by atoms with Gasteiger partial charge >= 0.3 is 5.97 Å². The van der Waals surface area contributed by atoms with Gasteiger partial charge in [0.05, 0.1) is 16.4 Å². The van der Waals surface area contributed by atoms with Crippen LogP contribution in [0.3, 0.4) is 0 Å². The second-order valence-corrected chi connectivity index (χ2v) is 7.93. The summed E-state index contributed by atoms with van der Waals surface area (Å²) in [6, 6.07) is 13.9. The Morgan fingerprint density at radius 2 is 1.90 bits per heavy atom. The summed E-state index contributed by atoms with van der Waals surface area (Å²) in [5.74, 6) is -0.399. The molecular formula is C21H18Cl2N2O4S. The van der Waals surface area contributed by atoms with Crippen molar-refractivity contribution < 1.29 is 19.1 Å². The van der Waals surface area contributed by atoms with E-state index in [-0.39, 0.29) is 12.5 Å². The molecule has 0 saturated heterocycles. The largest absolute Gasteiger partial charge is 0.477 e. The summed E-state index contributed by atoms with van der Waals surface area (Å²) in [6.07, 6.45) is -0.875. The smallest absolute Gasteiger partial charge is 0.347 e. The van der Waals surface area contributed by atoms with E-state index in [1.54, 1.807) is 24.4 Å². The van der Waals surface area contributed by atoms with Gasteiger partial charge in [0.25, 0.3) is 0 Å². The molecule has 0 bridgehead atoms. The molecule has 156 valence electrons. The molecule has 3 rings (SSSR count). The normalized spacial score (nSPS) is 11.6. The lowest BCUT2D eigenvalue weighted by atomic mass is 10.3. The van der Waals surface area contributed by atoms with Crippen molar-refractivity contribution in [2.45, 2.75) is 26.6 Å². The average Bonchev–Trinajstić information content (AvgIpc) is 3.17. The van der Waals surface area contributed by atoms with E-state index in [0.29, 0.717) is 32.3 Å². The van der Waals surface area contributed by atoms with Crippen LogP contribution in [-0.2, 0) is 20.9 Å². The Bertz CT molecular complexity index is 1040. The molecule has 1 aromatic heterocycles. The maximum atomic E-state index is 12.3. The fourth-order valence-electron chi connectivity index (χ4n) is 2.54. The van der Waals surface area contributed by atoms with Gasteiger partial charge in [-0.3, -0.25) is 9.69 Å². The lowest BCUT2D eigenvalue weighted by Gasteiger charge is -2.17. The second kappa shape index (κ2) is 9.93. The van der Waals surface area contributed by atoms with Crippen LogP contribution in [0.2, 0.25) is 10.0 Å². The van der Waals surface area contributed by atoms with E-state index >= 15 is 0 Å². The molecule has 0 saturated carbocycles. The van der Waals surface area contributed by atoms with Gasteiger partial charge in [0.2, 0.25) is 5.91 Å². The molecule has 1 amide bonds. The Morgan fingerprint density at radius 1 is 1.17 bits per heavy atom. The van der Waals surface area contributed by atoms with Gasteiger partial charge in [0.15, 0.2) is 11.2 Å². The number of esters is 1. The third-order valence-electron chi connectivity index (χ3n) is 3.95. The summed E-state index contributed by atoms with van der Waals surface area (Å²) in [5, 5.41) is 3.01. The molecule has 9 heteroatoms. The summed E-state index contributed by atoms with van der Waals surface area (Å²) in [5.41, 5.74) is 1.24. The van der Waals surface area contributed by atoms with Gasteiger partial charge in [-0.2, -0.15) is 0 Å². The fraction of sp³-hybridized carbons (Fsp3) is 0.190. The molecule has 0 radical (unpaired) electrons. The van der Waals surface area contributed by atoms with E-state index in [4.69, 9.17) is 32.7 Å². The number of anilines is 2. The summed E-state index contributed by atoms with van der Waals surface area (Å²) in [6.45, 7) is 2.99. The number of carbonyl (C=O) groups excluding carboxylic acids is 2. The molecule has 1 unspecified atom stereocenters. The van der Waals surface area contributed by atoms with Crippen molar-refractivity contribution >= 4 is 57.2 Å². The van der Waals surface area contributed by atoms with Gasteiger partial charge in [-0.1, -0.05) is 41.4 Å². The first-order valence-corrected chi connectivity index (χ1v) is 10.6. The highest BCUT2D eigenvalue weighted by atomic mass is 35.5. The Balaban J connectivity index is 1.61. The standard InChI is InChI=1S/C21H18Cl2N2O4S/c1-13(29-19-9-8-15(22)10-18(19)23)20(27)28-11-16-12-30-21(24-16)25(14(2)26)17-6-4-3-5-7-17/h3-10,12-13H,11H2,1-2H3. The highest BCUT2D eigenvalue weighted by Crippen LogP contribution is 2.30. The molecule has 0 aliphatic rings.